The number of rotatable bonds is 5. The van der Waals surface area contributed by atoms with Crippen LogP contribution in [0.15, 0.2) is 23.6 Å². The van der Waals surface area contributed by atoms with Gasteiger partial charge in [-0.25, -0.2) is 4.98 Å². The summed E-state index contributed by atoms with van der Waals surface area (Å²) >= 11 is 1.35. The van der Waals surface area contributed by atoms with E-state index in [1.165, 1.54) is 11.3 Å². The van der Waals surface area contributed by atoms with E-state index in [9.17, 15) is 9.90 Å². The Hall–Kier alpha value is -2.12. The average Bonchev–Trinajstić information content (AvgIpc) is 3.02. The van der Waals surface area contributed by atoms with Crippen LogP contribution in [-0.2, 0) is 4.79 Å². The summed E-state index contributed by atoms with van der Waals surface area (Å²) < 4.78 is 11.1. The molecule has 0 saturated carbocycles. The minimum atomic E-state index is -0.651. The lowest BCUT2D eigenvalue weighted by Crippen LogP contribution is -2.23. The van der Waals surface area contributed by atoms with Crippen molar-refractivity contribution in [1.82, 2.24) is 4.98 Å². The molecule has 0 aliphatic carbocycles. The van der Waals surface area contributed by atoms with Crippen molar-refractivity contribution in [1.29, 1.82) is 0 Å². The lowest BCUT2D eigenvalue weighted by Gasteiger charge is -2.18. The van der Waals surface area contributed by atoms with Crippen LogP contribution in [0.3, 0.4) is 0 Å². The van der Waals surface area contributed by atoms with Crippen LogP contribution < -0.4 is 14.8 Å². The van der Waals surface area contributed by atoms with Gasteiger partial charge >= 0.3 is 0 Å². The molecule has 0 radical (unpaired) electrons. The van der Waals surface area contributed by atoms with Crippen LogP contribution in [0.4, 0.5) is 5.13 Å². The van der Waals surface area contributed by atoms with Crippen molar-refractivity contribution in [2.24, 2.45) is 5.92 Å². The number of thiazole rings is 1. The monoisotopic (exact) mass is 348 g/mol. The van der Waals surface area contributed by atoms with Gasteiger partial charge in [0, 0.05) is 10.9 Å². The molecule has 0 saturated heterocycles. The van der Waals surface area contributed by atoms with Gasteiger partial charge in [0.2, 0.25) is 5.91 Å². The lowest BCUT2D eigenvalue weighted by atomic mass is 10.0. The number of hydrogen-bond donors (Lipinski definition) is 2. The Balaban J connectivity index is 1.68. The summed E-state index contributed by atoms with van der Waals surface area (Å²) in [5.41, 5.74) is 1.66. The summed E-state index contributed by atoms with van der Waals surface area (Å²) in [6.07, 6.45) is -0.585. The Morgan fingerprint density at radius 1 is 1.33 bits per heavy atom. The van der Waals surface area contributed by atoms with Gasteiger partial charge in [0.25, 0.3) is 0 Å². The Bertz CT molecular complexity index is 729. The molecule has 2 heterocycles. The Labute approximate surface area is 144 Å². The number of aliphatic hydroxyl groups excluding tert-OH is 1. The second kappa shape index (κ2) is 7.19. The summed E-state index contributed by atoms with van der Waals surface area (Å²) in [5.74, 6) is 1.24. The SMILES string of the molecule is CC(C)[C@H](O)CC(=O)Nc1nc(-c2ccc3c(c2)OCCO3)cs1. The Morgan fingerprint density at radius 2 is 2.08 bits per heavy atom. The van der Waals surface area contributed by atoms with Crippen molar-refractivity contribution >= 4 is 22.4 Å². The number of fused-ring (bicyclic) bond motifs is 1. The smallest absolute Gasteiger partial charge is 0.228 e. The number of hydrogen-bond acceptors (Lipinski definition) is 6. The number of nitrogens with zero attached hydrogens (tertiary/aromatic N) is 1. The molecule has 0 spiro atoms. The van der Waals surface area contributed by atoms with Crippen LogP contribution in [0.2, 0.25) is 0 Å². The van der Waals surface area contributed by atoms with Crippen LogP contribution in [0.1, 0.15) is 20.3 Å². The van der Waals surface area contributed by atoms with Crippen LogP contribution in [0.5, 0.6) is 11.5 Å². The van der Waals surface area contributed by atoms with Crippen molar-refractivity contribution in [2.75, 3.05) is 18.5 Å². The van der Waals surface area contributed by atoms with Crippen molar-refractivity contribution in [3.8, 4) is 22.8 Å². The first-order chi connectivity index (χ1) is 11.5. The number of benzene rings is 1. The molecule has 1 atom stereocenters. The second-order valence-electron chi connectivity index (χ2n) is 5.96. The predicted molar refractivity (Wildman–Crippen MR) is 92.6 cm³/mol. The van der Waals surface area contributed by atoms with E-state index in [1.54, 1.807) is 0 Å². The van der Waals surface area contributed by atoms with Gasteiger partial charge in [0.05, 0.1) is 18.2 Å². The molecule has 0 bridgehead atoms. The molecular formula is C17H20N2O4S. The number of carbonyl (C=O) groups excluding carboxylic acids is 1. The molecular weight excluding hydrogens is 328 g/mol. The molecule has 1 aromatic carbocycles. The van der Waals surface area contributed by atoms with Crippen LogP contribution >= 0.6 is 11.3 Å². The van der Waals surface area contributed by atoms with Gasteiger partial charge in [0.15, 0.2) is 16.6 Å². The molecule has 6 nitrogen and oxygen atoms in total. The topological polar surface area (TPSA) is 80.7 Å². The highest BCUT2D eigenvalue weighted by Gasteiger charge is 2.17. The minimum absolute atomic E-state index is 0.0420. The van der Waals surface area contributed by atoms with E-state index in [0.29, 0.717) is 24.1 Å². The highest BCUT2D eigenvalue weighted by Crippen LogP contribution is 2.35. The van der Waals surface area contributed by atoms with Crippen LogP contribution in [0, 0.1) is 5.92 Å². The zero-order chi connectivity index (χ0) is 17.1. The number of aromatic nitrogens is 1. The molecule has 0 unspecified atom stereocenters. The zero-order valence-corrected chi connectivity index (χ0v) is 14.4. The highest BCUT2D eigenvalue weighted by molar-refractivity contribution is 7.14. The number of amides is 1. The van der Waals surface area contributed by atoms with Gasteiger partial charge in [0.1, 0.15) is 13.2 Å². The third-order valence-corrected chi connectivity index (χ3v) is 4.51. The third-order valence-electron chi connectivity index (χ3n) is 3.75. The lowest BCUT2D eigenvalue weighted by molar-refractivity contribution is -0.118. The van der Waals surface area contributed by atoms with Crippen molar-refractivity contribution < 1.29 is 19.4 Å². The molecule has 128 valence electrons. The summed E-state index contributed by atoms with van der Waals surface area (Å²) in [7, 11) is 0. The van der Waals surface area contributed by atoms with Gasteiger partial charge in [-0.2, -0.15) is 0 Å². The molecule has 1 aliphatic rings. The average molecular weight is 348 g/mol. The maximum Gasteiger partial charge on any atom is 0.228 e. The van der Waals surface area contributed by atoms with E-state index in [2.05, 4.69) is 10.3 Å². The first kappa shape index (κ1) is 16.7. The van der Waals surface area contributed by atoms with E-state index in [1.807, 2.05) is 37.4 Å². The van der Waals surface area contributed by atoms with Gasteiger partial charge in [-0.15, -0.1) is 11.3 Å². The molecule has 7 heteroatoms. The van der Waals surface area contributed by atoms with Crippen LogP contribution in [0.25, 0.3) is 11.3 Å². The van der Waals surface area contributed by atoms with Gasteiger partial charge in [-0.1, -0.05) is 13.8 Å². The summed E-state index contributed by atoms with van der Waals surface area (Å²) in [4.78, 5) is 16.4. The standard InChI is InChI=1S/C17H20N2O4S/c1-10(2)13(20)8-16(21)19-17-18-12(9-24-17)11-3-4-14-15(7-11)23-6-5-22-14/h3-4,7,9-10,13,20H,5-6,8H2,1-2H3,(H,18,19,21)/t13-/m1/s1. The molecule has 2 aromatic rings. The summed E-state index contributed by atoms with van der Waals surface area (Å²) in [6.45, 7) is 4.84. The fraction of sp³-hybridized carbons (Fsp3) is 0.412. The zero-order valence-electron chi connectivity index (χ0n) is 13.6. The van der Waals surface area contributed by atoms with Gasteiger partial charge < -0.3 is 19.9 Å². The second-order valence-corrected chi connectivity index (χ2v) is 6.82. The molecule has 1 amide bonds. The first-order valence-electron chi connectivity index (χ1n) is 7.86. The quantitative estimate of drug-likeness (QED) is 0.868. The molecule has 2 N–H and O–H groups in total. The minimum Gasteiger partial charge on any atom is -0.486 e. The first-order valence-corrected chi connectivity index (χ1v) is 8.74. The van der Waals surface area contributed by atoms with Crippen LogP contribution in [-0.4, -0.2) is 35.3 Å². The Kier molecular flexibility index (Phi) is 5.01. The largest absolute Gasteiger partial charge is 0.486 e. The van der Waals surface area contributed by atoms with E-state index in [4.69, 9.17) is 9.47 Å². The van der Waals surface area contributed by atoms with Gasteiger partial charge in [-0.3, -0.25) is 4.79 Å². The number of anilines is 1. The normalized spacial score (nSPS) is 14.5. The van der Waals surface area contributed by atoms with E-state index >= 15 is 0 Å². The molecule has 0 fully saturated rings. The number of aliphatic hydroxyl groups is 1. The van der Waals surface area contributed by atoms with Gasteiger partial charge in [-0.05, 0) is 24.1 Å². The Morgan fingerprint density at radius 3 is 2.83 bits per heavy atom. The van der Waals surface area contributed by atoms with E-state index in [-0.39, 0.29) is 18.2 Å². The number of ether oxygens (including phenoxy) is 2. The predicted octanol–water partition coefficient (Wildman–Crippen LogP) is 2.93. The number of carbonyl (C=O) groups is 1. The van der Waals surface area contributed by atoms with E-state index in [0.717, 1.165) is 17.0 Å². The third kappa shape index (κ3) is 3.85. The molecule has 24 heavy (non-hydrogen) atoms. The fourth-order valence-corrected chi connectivity index (χ4v) is 3.00. The van der Waals surface area contributed by atoms with Crippen molar-refractivity contribution in [3.05, 3.63) is 23.6 Å². The highest BCUT2D eigenvalue weighted by atomic mass is 32.1. The van der Waals surface area contributed by atoms with E-state index < -0.39 is 6.10 Å². The fourth-order valence-electron chi connectivity index (χ4n) is 2.26. The summed E-state index contributed by atoms with van der Waals surface area (Å²) in [5, 5.41) is 14.9. The maximum atomic E-state index is 11.9. The molecule has 3 rings (SSSR count). The van der Waals surface area contributed by atoms with Crippen molar-refractivity contribution in [3.63, 3.8) is 0 Å². The molecule has 1 aliphatic heterocycles. The summed E-state index contributed by atoms with van der Waals surface area (Å²) in [6, 6.07) is 5.66. The maximum absolute atomic E-state index is 11.9. The van der Waals surface area contributed by atoms with Crippen molar-refractivity contribution in [2.45, 2.75) is 26.4 Å². The number of nitrogens with one attached hydrogen (secondary N) is 1. The molecule has 1 aromatic heterocycles.